The SMILES string of the molecule is CCC1C(C)(c2nc(N)cs2)N=C(NC(=O)c2ccccc2)N(C)S1(O)O. The molecule has 1 amide bonds. The molecule has 0 fully saturated rings. The highest BCUT2D eigenvalue weighted by Crippen LogP contribution is 2.59. The van der Waals surface area contributed by atoms with E-state index in [1.165, 1.54) is 22.7 Å². The van der Waals surface area contributed by atoms with Gasteiger partial charge in [0.15, 0.2) is 0 Å². The number of thiazole rings is 1. The molecule has 1 aliphatic rings. The Kier molecular flexibility index (Phi) is 5.17. The van der Waals surface area contributed by atoms with Gasteiger partial charge in [-0.15, -0.1) is 22.1 Å². The van der Waals surface area contributed by atoms with Crippen LogP contribution in [0.4, 0.5) is 5.82 Å². The summed E-state index contributed by atoms with van der Waals surface area (Å²) >= 11 is 1.31. The molecule has 1 aromatic heterocycles. The number of anilines is 1. The van der Waals surface area contributed by atoms with Crippen molar-refractivity contribution in [1.82, 2.24) is 14.6 Å². The van der Waals surface area contributed by atoms with E-state index in [2.05, 4.69) is 10.3 Å². The van der Waals surface area contributed by atoms with Gasteiger partial charge in [0.25, 0.3) is 5.91 Å². The van der Waals surface area contributed by atoms with Gasteiger partial charge >= 0.3 is 0 Å². The highest BCUT2D eigenvalue weighted by molar-refractivity contribution is 8.23. The van der Waals surface area contributed by atoms with Crippen molar-refractivity contribution in [2.75, 3.05) is 12.8 Å². The van der Waals surface area contributed by atoms with E-state index in [9.17, 15) is 13.9 Å². The third kappa shape index (κ3) is 3.41. The molecule has 3 rings (SSSR count). The summed E-state index contributed by atoms with van der Waals surface area (Å²) in [5.41, 5.74) is 5.19. The lowest BCUT2D eigenvalue weighted by molar-refractivity contribution is 0.0973. The van der Waals surface area contributed by atoms with E-state index in [1.54, 1.807) is 36.6 Å². The van der Waals surface area contributed by atoms with Gasteiger partial charge < -0.3 is 5.73 Å². The van der Waals surface area contributed by atoms with Crippen molar-refractivity contribution in [1.29, 1.82) is 0 Å². The van der Waals surface area contributed by atoms with Gasteiger partial charge in [0.1, 0.15) is 21.6 Å². The van der Waals surface area contributed by atoms with Crippen molar-refractivity contribution in [2.45, 2.75) is 31.1 Å². The molecular weight excluding hydrogens is 386 g/mol. The van der Waals surface area contributed by atoms with E-state index in [4.69, 9.17) is 10.7 Å². The highest BCUT2D eigenvalue weighted by Gasteiger charge is 2.51. The number of aliphatic imine (C=N–C) groups is 1. The van der Waals surface area contributed by atoms with E-state index in [-0.39, 0.29) is 11.9 Å². The van der Waals surface area contributed by atoms with E-state index in [0.717, 1.165) is 0 Å². The molecule has 8 nitrogen and oxygen atoms in total. The fraction of sp³-hybridized carbons (Fsp3) is 0.353. The topological polar surface area (TPSA) is 124 Å². The fourth-order valence-corrected chi connectivity index (χ4v) is 6.08. The maximum absolute atomic E-state index is 12.6. The van der Waals surface area contributed by atoms with Crippen molar-refractivity contribution in [3.05, 3.63) is 46.3 Å². The number of aromatic nitrogens is 1. The second kappa shape index (κ2) is 7.12. The summed E-state index contributed by atoms with van der Waals surface area (Å²) in [6.07, 6.45) is 0.464. The largest absolute Gasteiger partial charge is 0.383 e. The summed E-state index contributed by atoms with van der Waals surface area (Å²) in [7, 11) is -1.75. The van der Waals surface area contributed by atoms with Crippen LogP contribution in [-0.2, 0) is 5.54 Å². The van der Waals surface area contributed by atoms with E-state index in [1.807, 2.05) is 13.0 Å². The number of hydrogen-bond acceptors (Lipinski definition) is 8. The second-order valence-corrected chi connectivity index (χ2v) is 9.53. The van der Waals surface area contributed by atoms with Crippen molar-refractivity contribution in [3.63, 3.8) is 0 Å². The van der Waals surface area contributed by atoms with Crippen LogP contribution in [0.25, 0.3) is 0 Å². The zero-order valence-electron chi connectivity index (χ0n) is 15.3. The number of benzene rings is 1. The Labute approximate surface area is 163 Å². The minimum Gasteiger partial charge on any atom is -0.383 e. The molecular formula is C17H23N5O3S2. The third-order valence-corrected chi connectivity index (χ3v) is 8.26. The van der Waals surface area contributed by atoms with Crippen LogP contribution in [0, 0.1) is 0 Å². The predicted octanol–water partition coefficient (Wildman–Crippen LogP) is 3.12. The highest BCUT2D eigenvalue weighted by atomic mass is 32.3. The first-order valence-electron chi connectivity index (χ1n) is 8.38. The Bertz CT molecular complexity index is 870. The Morgan fingerprint density at radius 1 is 1.41 bits per heavy atom. The Morgan fingerprint density at radius 3 is 2.63 bits per heavy atom. The normalized spacial score (nSPS) is 25.6. The number of hydrogen-bond donors (Lipinski definition) is 4. The van der Waals surface area contributed by atoms with Crippen molar-refractivity contribution in [2.24, 2.45) is 4.99 Å². The molecule has 10 heteroatoms. The molecule has 0 bridgehead atoms. The summed E-state index contributed by atoms with van der Waals surface area (Å²) in [4.78, 5) is 21.6. The number of amides is 1. The second-order valence-electron chi connectivity index (χ2n) is 6.44. The van der Waals surface area contributed by atoms with Crippen LogP contribution >= 0.6 is 22.1 Å². The minimum absolute atomic E-state index is 0.0878. The third-order valence-electron chi connectivity index (χ3n) is 4.64. The number of carbonyl (C=O) groups is 1. The van der Waals surface area contributed by atoms with Crippen LogP contribution in [0.5, 0.6) is 0 Å². The molecule has 0 spiro atoms. The van der Waals surface area contributed by atoms with Crippen LogP contribution in [0.15, 0.2) is 40.7 Å². The van der Waals surface area contributed by atoms with Crippen molar-refractivity contribution >= 4 is 39.8 Å². The standard InChI is InChI=1S/C17H23N5O3S2/c1-4-12-17(2,15-19-13(18)10-26-15)21-16(22(3)27(12,24)25)20-14(23)11-8-6-5-7-9-11/h5-10,12,24-25H,4,18H2,1-3H3,(H,20,21,23). The monoisotopic (exact) mass is 409 g/mol. The number of nitrogens with zero attached hydrogens (tertiary/aromatic N) is 3. The van der Waals surface area contributed by atoms with Crippen LogP contribution < -0.4 is 11.1 Å². The van der Waals surface area contributed by atoms with Crippen LogP contribution in [0.3, 0.4) is 0 Å². The molecule has 0 saturated carbocycles. The molecule has 146 valence electrons. The zero-order chi connectivity index (χ0) is 19.8. The van der Waals surface area contributed by atoms with Gasteiger partial charge in [0.2, 0.25) is 5.96 Å². The first-order valence-corrected chi connectivity index (χ1v) is 10.8. The van der Waals surface area contributed by atoms with Crippen LogP contribution in [0.1, 0.15) is 35.6 Å². The van der Waals surface area contributed by atoms with E-state index >= 15 is 0 Å². The van der Waals surface area contributed by atoms with Gasteiger partial charge in [-0.05, 0) is 25.5 Å². The number of carbonyl (C=O) groups excluding carboxylic acids is 1. The number of rotatable bonds is 3. The quantitative estimate of drug-likeness (QED) is 0.617. The first-order chi connectivity index (χ1) is 12.7. The molecule has 1 aliphatic heterocycles. The van der Waals surface area contributed by atoms with Gasteiger partial charge in [0.05, 0.1) is 0 Å². The maximum Gasteiger partial charge on any atom is 0.257 e. The molecule has 0 radical (unpaired) electrons. The minimum atomic E-state index is -3.26. The fourth-order valence-electron chi connectivity index (χ4n) is 3.18. The summed E-state index contributed by atoms with van der Waals surface area (Å²) < 4.78 is 23.1. The number of guanidine groups is 1. The molecule has 0 saturated heterocycles. The molecule has 1 aromatic carbocycles. The number of nitrogens with two attached hydrogens (primary N) is 1. The Balaban J connectivity index is 2.05. The Morgan fingerprint density at radius 2 is 2.07 bits per heavy atom. The van der Waals surface area contributed by atoms with Crippen LogP contribution in [-0.4, -0.2) is 42.6 Å². The molecule has 2 heterocycles. The lowest BCUT2D eigenvalue weighted by Crippen LogP contribution is -2.55. The van der Waals surface area contributed by atoms with Crippen molar-refractivity contribution in [3.8, 4) is 0 Å². The molecule has 5 N–H and O–H groups in total. The molecule has 2 aromatic rings. The van der Waals surface area contributed by atoms with E-state index < -0.39 is 21.6 Å². The summed E-state index contributed by atoms with van der Waals surface area (Å²) in [6, 6.07) is 8.67. The average Bonchev–Trinajstić information content (AvgIpc) is 3.07. The summed E-state index contributed by atoms with van der Waals surface area (Å²) in [5.74, 6) is 0.0590. The predicted molar refractivity (Wildman–Crippen MR) is 110 cm³/mol. The van der Waals surface area contributed by atoms with E-state index in [0.29, 0.717) is 22.8 Å². The zero-order valence-corrected chi connectivity index (χ0v) is 16.9. The van der Waals surface area contributed by atoms with Gasteiger partial charge in [-0.1, -0.05) is 25.1 Å². The number of nitrogens with one attached hydrogen (secondary N) is 1. The van der Waals surface area contributed by atoms with Crippen LogP contribution in [0.2, 0.25) is 0 Å². The number of nitrogen functional groups attached to an aromatic ring is 1. The smallest absolute Gasteiger partial charge is 0.257 e. The molecule has 0 aliphatic carbocycles. The maximum atomic E-state index is 12.6. The Hall–Kier alpha value is -2.14. The van der Waals surface area contributed by atoms with Gasteiger partial charge in [-0.3, -0.25) is 19.2 Å². The van der Waals surface area contributed by atoms with Gasteiger partial charge in [0, 0.05) is 18.0 Å². The summed E-state index contributed by atoms with van der Waals surface area (Å²) in [5, 5.41) is 4.37. The molecule has 2 atom stereocenters. The molecule has 27 heavy (non-hydrogen) atoms. The first kappa shape index (κ1) is 19.6. The summed E-state index contributed by atoms with van der Waals surface area (Å²) in [6.45, 7) is 3.65. The van der Waals surface area contributed by atoms with Crippen molar-refractivity contribution < 1.29 is 13.9 Å². The lowest BCUT2D eigenvalue weighted by Gasteiger charge is -2.54. The molecule has 2 unspecified atom stereocenters. The van der Waals surface area contributed by atoms with Gasteiger partial charge in [-0.2, -0.15) is 0 Å². The lowest BCUT2D eigenvalue weighted by atomic mass is 9.97. The average molecular weight is 410 g/mol. The van der Waals surface area contributed by atoms with Gasteiger partial charge in [-0.25, -0.2) is 14.3 Å².